The lowest BCUT2D eigenvalue weighted by Crippen LogP contribution is -2.00. The van der Waals surface area contributed by atoms with Crippen LogP contribution in [0.1, 0.15) is 21.6 Å². The largest absolute Gasteiger partial charge is 0.480 e. The summed E-state index contributed by atoms with van der Waals surface area (Å²) in [4.78, 5) is 19.4. The highest BCUT2D eigenvalue weighted by Gasteiger charge is 2.15. The summed E-state index contributed by atoms with van der Waals surface area (Å²) in [6.45, 7) is 2.57. The predicted molar refractivity (Wildman–Crippen MR) is 115 cm³/mol. The molecule has 0 saturated heterocycles. The second kappa shape index (κ2) is 8.74. The van der Waals surface area contributed by atoms with Crippen molar-refractivity contribution in [3.63, 3.8) is 0 Å². The third-order valence-electron chi connectivity index (χ3n) is 4.88. The van der Waals surface area contributed by atoms with Crippen LogP contribution in [-0.4, -0.2) is 45.2 Å². The lowest BCUT2D eigenvalue weighted by molar-refractivity contribution is 0.112. The molecule has 31 heavy (non-hydrogen) atoms. The Labute approximate surface area is 179 Å². The molecule has 3 heterocycles. The first kappa shape index (κ1) is 20.2. The number of benzene rings is 1. The number of aromatic nitrogens is 5. The molecule has 0 unspecified atom stereocenters. The van der Waals surface area contributed by atoms with E-state index < -0.39 is 0 Å². The van der Waals surface area contributed by atoms with E-state index in [1.165, 1.54) is 14.2 Å². The van der Waals surface area contributed by atoms with Crippen LogP contribution in [0.25, 0.3) is 22.4 Å². The first-order chi connectivity index (χ1) is 15.1. The molecule has 4 aromatic rings. The van der Waals surface area contributed by atoms with Gasteiger partial charge >= 0.3 is 6.01 Å². The SMILES string of the molecule is COc1ncc(-c2cc(-c3ccn(Cc4cccc(C=O)c4)c3)c(C)nn2)c(OC)n1. The molecule has 4 rings (SSSR count). The minimum Gasteiger partial charge on any atom is -0.480 e. The molecule has 0 aliphatic rings. The Hall–Kier alpha value is -4.07. The lowest BCUT2D eigenvalue weighted by Gasteiger charge is -2.09. The van der Waals surface area contributed by atoms with Crippen LogP contribution in [0, 0.1) is 6.92 Å². The van der Waals surface area contributed by atoms with E-state index in [4.69, 9.17) is 9.47 Å². The molecule has 156 valence electrons. The molecule has 0 N–H and O–H groups in total. The molecular formula is C23H21N5O3. The zero-order valence-corrected chi connectivity index (χ0v) is 17.4. The number of rotatable bonds is 7. The van der Waals surface area contributed by atoms with Gasteiger partial charge in [0, 0.05) is 41.8 Å². The van der Waals surface area contributed by atoms with E-state index in [1.807, 2.05) is 49.6 Å². The molecule has 0 atom stereocenters. The van der Waals surface area contributed by atoms with E-state index in [0.717, 1.165) is 28.7 Å². The van der Waals surface area contributed by atoms with Gasteiger partial charge in [0.15, 0.2) is 0 Å². The van der Waals surface area contributed by atoms with Crippen LogP contribution >= 0.6 is 0 Å². The van der Waals surface area contributed by atoms with Crippen molar-refractivity contribution >= 4 is 6.29 Å². The Kier molecular flexibility index (Phi) is 5.70. The number of hydrogen-bond acceptors (Lipinski definition) is 7. The van der Waals surface area contributed by atoms with Crippen LogP contribution < -0.4 is 9.47 Å². The maximum absolute atomic E-state index is 11.0. The van der Waals surface area contributed by atoms with Crippen molar-refractivity contribution in [3.8, 4) is 34.3 Å². The molecule has 8 nitrogen and oxygen atoms in total. The summed E-state index contributed by atoms with van der Waals surface area (Å²) < 4.78 is 12.5. The van der Waals surface area contributed by atoms with Crippen molar-refractivity contribution in [2.75, 3.05) is 14.2 Å². The molecule has 8 heteroatoms. The van der Waals surface area contributed by atoms with E-state index in [-0.39, 0.29) is 6.01 Å². The van der Waals surface area contributed by atoms with Crippen LogP contribution in [0.3, 0.4) is 0 Å². The number of hydrogen-bond donors (Lipinski definition) is 0. The summed E-state index contributed by atoms with van der Waals surface area (Å²) in [6.07, 6.45) is 6.51. The summed E-state index contributed by atoms with van der Waals surface area (Å²) in [5.74, 6) is 0.364. The van der Waals surface area contributed by atoms with E-state index >= 15 is 0 Å². The maximum atomic E-state index is 11.0. The van der Waals surface area contributed by atoms with Crippen molar-refractivity contribution in [1.29, 1.82) is 0 Å². The minimum absolute atomic E-state index is 0.219. The lowest BCUT2D eigenvalue weighted by atomic mass is 10.1. The molecule has 0 amide bonds. The summed E-state index contributed by atoms with van der Waals surface area (Å²) in [6, 6.07) is 11.8. The second-order valence-corrected chi connectivity index (χ2v) is 6.94. The molecule has 0 saturated carbocycles. The number of ether oxygens (including phenoxy) is 2. The average molecular weight is 415 g/mol. The molecule has 0 spiro atoms. The van der Waals surface area contributed by atoms with Crippen LogP contribution in [0.5, 0.6) is 11.9 Å². The first-order valence-corrected chi connectivity index (χ1v) is 9.61. The molecule has 0 radical (unpaired) electrons. The zero-order valence-electron chi connectivity index (χ0n) is 17.4. The van der Waals surface area contributed by atoms with Crippen molar-refractivity contribution < 1.29 is 14.3 Å². The van der Waals surface area contributed by atoms with Crippen molar-refractivity contribution in [1.82, 2.24) is 24.7 Å². The Balaban J connectivity index is 1.66. The molecular weight excluding hydrogens is 394 g/mol. The Morgan fingerprint density at radius 1 is 1.06 bits per heavy atom. The van der Waals surface area contributed by atoms with Crippen molar-refractivity contribution in [3.05, 3.63) is 71.8 Å². The van der Waals surface area contributed by atoms with Gasteiger partial charge in [0.25, 0.3) is 0 Å². The number of carbonyl (C=O) groups excluding carboxylic acids is 1. The molecule has 3 aromatic heterocycles. The fourth-order valence-electron chi connectivity index (χ4n) is 3.33. The van der Waals surface area contributed by atoms with Gasteiger partial charge in [0.2, 0.25) is 5.88 Å². The normalized spacial score (nSPS) is 10.7. The number of aryl methyl sites for hydroxylation is 1. The summed E-state index contributed by atoms with van der Waals surface area (Å²) in [5, 5.41) is 8.63. The average Bonchev–Trinajstić information content (AvgIpc) is 3.27. The number of carbonyl (C=O) groups is 1. The van der Waals surface area contributed by atoms with Crippen LogP contribution in [0.15, 0.2) is 55.0 Å². The standard InChI is InChI=1S/C23H21N5O3/c1-15-19(10-21(27-26-15)20-11-24-23(31-3)25-22(20)30-2)18-7-8-28(13-18)12-16-5-4-6-17(9-16)14-29/h4-11,13-14H,12H2,1-3H3. The Morgan fingerprint density at radius 3 is 2.71 bits per heavy atom. The number of nitrogens with zero attached hydrogens (tertiary/aromatic N) is 5. The molecule has 0 aliphatic carbocycles. The fraction of sp³-hybridized carbons (Fsp3) is 0.174. The van der Waals surface area contributed by atoms with Gasteiger partial charge in [-0.1, -0.05) is 18.2 Å². The number of aldehydes is 1. The van der Waals surface area contributed by atoms with Crippen LogP contribution in [-0.2, 0) is 6.54 Å². The molecule has 0 aliphatic heterocycles. The Morgan fingerprint density at radius 2 is 1.94 bits per heavy atom. The monoisotopic (exact) mass is 415 g/mol. The van der Waals surface area contributed by atoms with Gasteiger partial charge in [-0.25, -0.2) is 4.98 Å². The van der Waals surface area contributed by atoms with Crippen LogP contribution in [0.2, 0.25) is 0 Å². The van der Waals surface area contributed by atoms with Crippen LogP contribution in [0.4, 0.5) is 0 Å². The van der Waals surface area contributed by atoms with E-state index in [0.29, 0.717) is 29.2 Å². The zero-order chi connectivity index (χ0) is 21.8. The summed E-state index contributed by atoms with van der Waals surface area (Å²) >= 11 is 0. The minimum atomic E-state index is 0.219. The summed E-state index contributed by atoms with van der Waals surface area (Å²) in [7, 11) is 3.03. The molecule has 1 aromatic carbocycles. The highest BCUT2D eigenvalue weighted by atomic mass is 16.5. The smallest absolute Gasteiger partial charge is 0.319 e. The van der Waals surface area contributed by atoms with Gasteiger partial charge in [-0.05, 0) is 30.7 Å². The predicted octanol–water partition coefficient (Wildman–Crippen LogP) is 3.59. The van der Waals surface area contributed by atoms with E-state index in [1.54, 1.807) is 12.3 Å². The van der Waals surface area contributed by atoms with Gasteiger partial charge in [-0.3, -0.25) is 4.79 Å². The second-order valence-electron chi connectivity index (χ2n) is 6.94. The van der Waals surface area contributed by atoms with Gasteiger partial charge in [0.1, 0.15) is 12.0 Å². The quantitative estimate of drug-likeness (QED) is 0.426. The van der Waals surface area contributed by atoms with Crippen molar-refractivity contribution in [2.24, 2.45) is 0 Å². The molecule has 0 bridgehead atoms. The number of methoxy groups -OCH3 is 2. The van der Waals surface area contributed by atoms with E-state index in [2.05, 4.69) is 24.7 Å². The Bertz CT molecular complexity index is 1240. The van der Waals surface area contributed by atoms with Gasteiger partial charge in [-0.2, -0.15) is 10.1 Å². The van der Waals surface area contributed by atoms with Gasteiger partial charge < -0.3 is 14.0 Å². The first-order valence-electron chi connectivity index (χ1n) is 9.61. The third kappa shape index (κ3) is 4.28. The van der Waals surface area contributed by atoms with Crippen molar-refractivity contribution in [2.45, 2.75) is 13.5 Å². The fourth-order valence-corrected chi connectivity index (χ4v) is 3.33. The van der Waals surface area contributed by atoms with Gasteiger partial charge in [0.05, 0.1) is 25.5 Å². The summed E-state index contributed by atoms with van der Waals surface area (Å²) in [5.41, 5.74) is 5.71. The highest BCUT2D eigenvalue weighted by Crippen LogP contribution is 2.31. The topological polar surface area (TPSA) is 92.0 Å². The van der Waals surface area contributed by atoms with Gasteiger partial charge in [-0.15, -0.1) is 5.10 Å². The maximum Gasteiger partial charge on any atom is 0.319 e. The van der Waals surface area contributed by atoms with E-state index in [9.17, 15) is 4.79 Å². The highest BCUT2D eigenvalue weighted by molar-refractivity contribution is 5.75. The molecule has 0 fully saturated rings. The third-order valence-corrected chi connectivity index (χ3v) is 4.88.